The molecular formula is C21H20Cl2N2O5. The maximum absolute atomic E-state index is 13.0. The van der Waals surface area contributed by atoms with Gasteiger partial charge in [-0.05, 0) is 23.8 Å². The molecule has 1 saturated heterocycles. The Morgan fingerprint density at radius 3 is 2.47 bits per heavy atom. The number of fused-ring (bicyclic) bond motifs is 1. The average Bonchev–Trinajstić information content (AvgIpc) is 3.24. The van der Waals surface area contributed by atoms with Crippen LogP contribution in [0.4, 0.5) is 0 Å². The zero-order chi connectivity index (χ0) is 21.3. The summed E-state index contributed by atoms with van der Waals surface area (Å²) in [5, 5.41) is 0.845. The molecule has 0 N–H and O–H groups in total. The van der Waals surface area contributed by atoms with Crippen molar-refractivity contribution in [2.45, 2.75) is 6.04 Å². The van der Waals surface area contributed by atoms with Crippen molar-refractivity contribution < 1.29 is 23.8 Å². The van der Waals surface area contributed by atoms with Gasteiger partial charge in [-0.1, -0.05) is 41.4 Å². The van der Waals surface area contributed by atoms with Gasteiger partial charge >= 0.3 is 5.97 Å². The van der Waals surface area contributed by atoms with E-state index in [-0.39, 0.29) is 18.7 Å². The molecule has 1 fully saturated rings. The number of carbonyl (C=O) groups is 2. The molecule has 2 aromatic rings. The predicted molar refractivity (Wildman–Crippen MR) is 111 cm³/mol. The largest absolute Gasteiger partial charge is 0.468 e. The van der Waals surface area contributed by atoms with Gasteiger partial charge in [-0.2, -0.15) is 0 Å². The second kappa shape index (κ2) is 8.71. The minimum absolute atomic E-state index is 0.0856. The zero-order valence-electron chi connectivity index (χ0n) is 16.3. The molecule has 2 aliphatic rings. The van der Waals surface area contributed by atoms with Crippen LogP contribution in [0.25, 0.3) is 0 Å². The summed E-state index contributed by atoms with van der Waals surface area (Å²) in [4.78, 5) is 29.2. The molecule has 2 heterocycles. The first-order valence-corrected chi connectivity index (χ1v) is 10.2. The maximum atomic E-state index is 13.0. The van der Waals surface area contributed by atoms with Crippen molar-refractivity contribution in [3.63, 3.8) is 0 Å². The van der Waals surface area contributed by atoms with Gasteiger partial charge in [0.15, 0.2) is 11.5 Å². The third-order valence-corrected chi connectivity index (χ3v) is 5.89. The Bertz CT molecular complexity index is 976. The molecule has 1 atom stereocenters. The van der Waals surface area contributed by atoms with Gasteiger partial charge in [-0.3, -0.25) is 9.69 Å². The lowest BCUT2D eigenvalue weighted by Gasteiger charge is -2.38. The summed E-state index contributed by atoms with van der Waals surface area (Å²) >= 11 is 12.5. The van der Waals surface area contributed by atoms with Crippen LogP contribution >= 0.6 is 23.2 Å². The molecule has 2 aliphatic heterocycles. The molecule has 0 radical (unpaired) electrons. The smallest absolute Gasteiger partial charge is 0.327 e. The molecule has 0 spiro atoms. The summed E-state index contributed by atoms with van der Waals surface area (Å²) in [6, 6.07) is 9.81. The lowest BCUT2D eigenvalue weighted by Crippen LogP contribution is -2.51. The van der Waals surface area contributed by atoms with Crippen LogP contribution in [0.5, 0.6) is 11.5 Å². The first-order chi connectivity index (χ1) is 14.5. The molecule has 7 nitrogen and oxygen atoms in total. The Morgan fingerprint density at radius 1 is 1.03 bits per heavy atom. The van der Waals surface area contributed by atoms with E-state index in [0.29, 0.717) is 58.9 Å². The van der Waals surface area contributed by atoms with Crippen molar-refractivity contribution >= 4 is 35.1 Å². The lowest BCUT2D eigenvalue weighted by atomic mass is 10.0. The van der Waals surface area contributed by atoms with Crippen molar-refractivity contribution in [2.24, 2.45) is 0 Å². The Balaban J connectivity index is 1.49. The van der Waals surface area contributed by atoms with Crippen molar-refractivity contribution in [1.82, 2.24) is 9.80 Å². The number of ether oxygens (including phenoxy) is 3. The van der Waals surface area contributed by atoms with E-state index in [1.54, 1.807) is 23.1 Å². The first kappa shape index (κ1) is 20.8. The van der Waals surface area contributed by atoms with E-state index < -0.39 is 6.04 Å². The highest BCUT2D eigenvalue weighted by Crippen LogP contribution is 2.40. The highest BCUT2D eigenvalue weighted by atomic mass is 35.5. The number of amides is 1. The molecule has 0 bridgehead atoms. The van der Waals surface area contributed by atoms with E-state index in [0.717, 1.165) is 0 Å². The highest BCUT2D eigenvalue weighted by molar-refractivity contribution is 6.32. The van der Waals surface area contributed by atoms with Gasteiger partial charge in [-0.15, -0.1) is 0 Å². The molecule has 9 heteroatoms. The van der Waals surface area contributed by atoms with Crippen LogP contribution in [0.2, 0.25) is 10.0 Å². The number of carbonyl (C=O) groups excluding carboxylic acids is 2. The number of hydrogen-bond acceptors (Lipinski definition) is 6. The second-order valence-electron chi connectivity index (χ2n) is 6.97. The Hall–Kier alpha value is -2.48. The van der Waals surface area contributed by atoms with E-state index in [4.69, 9.17) is 37.4 Å². The number of hydrogen-bond donors (Lipinski definition) is 0. The lowest BCUT2D eigenvalue weighted by molar-refractivity contribution is -0.148. The number of nitrogens with zero attached hydrogens (tertiary/aromatic N) is 2. The van der Waals surface area contributed by atoms with Gasteiger partial charge in [0, 0.05) is 36.8 Å². The molecule has 0 aromatic heterocycles. The van der Waals surface area contributed by atoms with Crippen LogP contribution in [0, 0.1) is 0 Å². The molecule has 2 aromatic carbocycles. The summed E-state index contributed by atoms with van der Waals surface area (Å²) in [5.74, 6) is 0.389. The van der Waals surface area contributed by atoms with E-state index in [9.17, 15) is 9.59 Å². The third-order valence-electron chi connectivity index (χ3n) is 5.27. The average molecular weight is 451 g/mol. The highest BCUT2D eigenvalue weighted by Gasteiger charge is 2.34. The van der Waals surface area contributed by atoms with Crippen molar-refractivity contribution in [2.75, 3.05) is 40.1 Å². The van der Waals surface area contributed by atoms with Crippen molar-refractivity contribution in [3.05, 3.63) is 57.6 Å². The number of esters is 1. The summed E-state index contributed by atoms with van der Waals surface area (Å²) in [6.45, 7) is 1.97. The van der Waals surface area contributed by atoms with Crippen LogP contribution in [-0.4, -0.2) is 61.8 Å². The van der Waals surface area contributed by atoms with E-state index in [1.165, 1.54) is 7.11 Å². The first-order valence-electron chi connectivity index (χ1n) is 9.44. The van der Waals surface area contributed by atoms with Gasteiger partial charge in [0.05, 0.1) is 12.1 Å². The number of piperazine rings is 1. The zero-order valence-corrected chi connectivity index (χ0v) is 17.8. The van der Waals surface area contributed by atoms with Crippen LogP contribution in [0.15, 0.2) is 36.4 Å². The Kier molecular flexibility index (Phi) is 6.04. The summed E-state index contributed by atoms with van der Waals surface area (Å²) in [6.07, 6.45) is 0. The van der Waals surface area contributed by atoms with Gasteiger partial charge in [0.25, 0.3) is 5.91 Å². The van der Waals surface area contributed by atoms with Gasteiger partial charge in [0.1, 0.15) is 6.04 Å². The quantitative estimate of drug-likeness (QED) is 0.664. The van der Waals surface area contributed by atoms with E-state index >= 15 is 0 Å². The number of benzene rings is 2. The minimum atomic E-state index is -0.624. The monoisotopic (exact) mass is 450 g/mol. The number of methoxy groups -OCH3 is 1. The third kappa shape index (κ3) is 3.93. The van der Waals surface area contributed by atoms with Crippen molar-refractivity contribution in [1.29, 1.82) is 0 Å². The fourth-order valence-electron chi connectivity index (χ4n) is 3.74. The Morgan fingerprint density at radius 2 is 1.77 bits per heavy atom. The van der Waals surface area contributed by atoms with Crippen LogP contribution < -0.4 is 9.47 Å². The predicted octanol–water partition coefficient (Wildman–Crippen LogP) is 3.39. The molecule has 0 saturated carbocycles. The molecule has 0 unspecified atom stereocenters. The molecule has 4 rings (SSSR count). The summed E-state index contributed by atoms with van der Waals surface area (Å²) in [7, 11) is 1.36. The topological polar surface area (TPSA) is 68.3 Å². The molecule has 1 amide bonds. The van der Waals surface area contributed by atoms with E-state index in [2.05, 4.69) is 0 Å². The maximum Gasteiger partial charge on any atom is 0.327 e. The number of halogens is 2. The van der Waals surface area contributed by atoms with Gasteiger partial charge in [-0.25, -0.2) is 4.79 Å². The minimum Gasteiger partial charge on any atom is -0.468 e. The van der Waals surface area contributed by atoms with Gasteiger partial charge in [0.2, 0.25) is 6.79 Å². The second-order valence-corrected chi connectivity index (χ2v) is 7.78. The molecule has 158 valence electrons. The summed E-state index contributed by atoms with van der Waals surface area (Å²) in [5.41, 5.74) is 1.13. The fourth-order valence-corrected chi connectivity index (χ4v) is 4.24. The van der Waals surface area contributed by atoms with Crippen molar-refractivity contribution in [3.8, 4) is 11.5 Å². The SMILES string of the molecule is COC(=O)[C@@H](c1ccccc1Cl)N1CCN(C(=O)c2cc(Cl)c3c(c2)OCO3)CC1. The van der Waals surface area contributed by atoms with Gasteiger partial charge < -0.3 is 19.1 Å². The molecular weight excluding hydrogens is 431 g/mol. The van der Waals surface area contributed by atoms with Crippen LogP contribution in [-0.2, 0) is 9.53 Å². The fraction of sp³-hybridized carbons (Fsp3) is 0.333. The standard InChI is InChI=1S/C21H20Cl2N2O5/c1-28-21(27)18(14-4-2-3-5-15(14)22)24-6-8-25(9-7-24)20(26)13-10-16(23)19-17(11-13)29-12-30-19/h2-5,10-11,18H,6-9,12H2,1H3/t18-/m1/s1. The Labute approximate surface area is 184 Å². The molecule has 30 heavy (non-hydrogen) atoms. The van der Waals surface area contributed by atoms with Crippen LogP contribution in [0.3, 0.4) is 0 Å². The van der Waals surface area contributed by atoms with Crippen LogP contribution in [0.1, 0.15) is 22.0 Å². The number of rotatable bonds is 4. The van der Waals surface area contributed by atoms with E-state index in [1.807, 2.05) is 23.1 Å². The molecule has 0 aliphatic carbocycles. The summed E-state index contributed by atoms with van der Waals surface area (Å²) < 4.78 is 15.7. The normalized spacial score (nSPS) is 17.0.